The maximum absolute atomic E-state index is 11.6. The summed E-state index contributed by atoms with van der Waals surface area (Å²) in [5.41, 5.74) is 9.93. The Hall–Kier alpha value is -2.82. The summed E-state index contributed by atoms with van der Waals surface area (Å²) in [6.45, 7) is 0. The minimum absolute atomic E-state index is 0.0968. The molecule has 3 aromatic rings. The molecule has 1 aliphatic heterocycles. The molecule has 4 rings (SSSR count). The van der Waals surface area contributed by atoms with E-state index in [1.165, 1.54) is 12.0 Å². The number of rotatable bonds is 2. The predicted molar refractivity (Wildman–Crippen MR) is 95.0 cm³/mol. The van der Waals surface area contributed by atoms with Crippen molar-refractivity contribution in [1.29, 1.82) is 0 Å². The summed E-state index contributed by atoms with van der Waals surface area (Å²) >= 11 is 0. The Kier molecular flexibility index (Phi) is 3.69. The highest BCUT2D eigenvalue weighted by Crippen LogP contribution is 2.30. The van der Waals surface area contributed by atoms with Crippen LogP contribution < -0.4 is 11.1 Å². The Morgan fingerprint density at radius 2 is 2.00 bits per heavy atom. The van der Waals surface area contributed by atoms with E-state index in [1.54, 1.807) is 6.07 Å². The fourth-order valence-electron chi connectivity index (χ4n) is 3.42. The van der Waals surface area contributed by atoms with Crippen molar-refractivity contribution in [3.8, 4) is 0 Å². The number of hydrogen-bond donors (Lipinski definition) is 3. The highest BCUT2D eigenvalue weighted by Gasteiger charge is 2.20. The number of anilines is 1. The van der Waals surface area contributed by atoms with Crippen LogP contribution in [0.15, 0.2) is 42.5 Å². The van der Waals surface area contributed by atoms with E-state index in [-0.39, 0.29) is 6.04 Å². The SMILES string of the molecule is NC(=O)c1cccc2[nH]c(C3CCCCc4ccccc4N3)nc12. The number of aromatic amines is 1. The zero-order chi connectivity index (χ0) is 16.5. The summed E-state index contributed by atoms with van der Waals surface area (Å²) < 4.78 is 0. The van der Waals surface area contributed by atoms with Gasteiger partial charge in [0, 0.05) is 5.69 Å². The summed E-state index contributed by atoms with van der Waals surface area (Å²) in [6.07, 6.45) is 4.40. The summed E-state index contributed by atoms with van der Waals surface area (Å²) in [6, 6.07) is 14.0. The van der Waals surface area contributed by atoms with Gasteiger partial charge in [-0.15, -0.1) is 0 Å². The number of aromatic nitrogens is 2. The summed E-state index contributed by atoms with van der Waals surface area (Å²) in [4.78, 5) is 19.7. The first-order valence-electron chi connectivity index (χ1n) is 8.35. The van der Waals surface area contributed by atoms with Crippen molar-refractivity contribution in [2.24, 2.45) is 5.73 Å². The van der Waals surface area contributed by atoms with Crippen LogP contribution in [0, 0.1) is 0 Å². The molecular weight excluding hydrogens is 300 g/mol. The van der Waals surface area contributed by atoms with E-state index in [9.17, 15) is 4.79 Å². The van der Waals surface area contributed by atoms with E-state index < -0.39 is 5.91 Å². The fourth-order valence-corrected chi connectivity index (χ4v) is 3.42. The number of primary amides is 1. The second kappa shape index (κ2) is 6.00. The number of nitrogens with two attached hydrogens (primary N) is 1. The minimum atomic E-state index is -0.449. The van der Waals surface area contributed by atoms with Crippen molar-refractivity contribution in [3.05, 3.63) is 59.4 Å². The Balaban J connectivity index is 1.74. The van der Waals surface area contributed by atoms with Gasteiger partial charge >= 0.3 is 0 Å². The molecule has 0 saturated heterocycles. The number of amides is 1. The quantitative estimate of drug-likeness (QED) is 0.675. The Labute approximate surface area is 140 Å². The van der Waals surface area contributed by atoms with Crippen LogP contribution in [0.2, 0.25) is 0 Å². The number of aryl methyl sites for hydroxylation is 1. The standard InChI is InChI=1S/C19H20N4O/c20-18(24)13-8-5-11-15-17(13)23-19(22-15)16-10-4-2-7-12-6-1-3-9-14(12)21-16/h1,3,5-6,8-9,11,16,21H,2,4,7,10H2,(H2,20,24)(H,22,23). The lowest BCUT2D eigenvalue weighted by atomic mass is 9.99. The molecule has 1 aliphatic rings. The molecule has 5 nitrogen and oxygen atoms in total. The van der Waals surface area contributed by atoms with Gasteiger partial charge in [0.05, 0.1) is 17.1 Å². The van der Waals surface area contributed by atoms with Crippen LogP contribution in [0.4, 0.5) is 5.69 Å². The highest BCUT2D eigenvalue weighted by atomic mass is 16.1. The van der Waals surface area contributed by atoms with E-state index in [1.807, 2.05) is 18.2 Å². The van der Waals surface area contributed by atoms with E-state index >= 15 is 0 Å². The first-order valence-corrected chi connectivity index (χ1v) is 8.35. The molecule has 2 heterocycles. The molecule has 4 N–H and O–H groups in total. The van der Waals surface area contributed by atoms with Crippen LogP contribution in [-0.4, -0.2) is 15.9 Å². The number of hydrogen-bond acceptors (Lipinski definition) is 3. The van der Waals surface area contributed by atoms with Crippen molar-refractivity contribution in [1.82, 2.24) is 9.97 Å². The van der Waals surface area contributed by atoms with E-state index in [0.29, 0.717) is 11.1 Å². The van der Waals surface area contributed by atoms with Gasteiger partial charge < -0.3 is 16.0 Å². The number of carbonyl (C=O) groups excluding carboxylic acids is 1. The number of H-pyrrole nitrogens is 1. The van der Waals surface area contributed by atoms with Crippen molar-refractivity contribution >= 4 is 22.6 Å². The Bertz CT molecular complexity index is 899. The molecule has 0 radical (unpaired) electrons. The summed E-state index contributed by atoms with van der Waals surface area (Å²) in [5.74, 6) is 0.407. The van der Waals surface area contributed by atoms with Crippen LogP contribution in [0.25, 0.3) is 11.0 Å². The molecule has 0 spiro atoms. The van der Waals surface area contributed by atoms with Crippen molar-refractivity contribution in [2.75, 3.05) is 5.32 Å². The second-order valence-electron chi connectivity index (χ2n) is 6.29. The van der Waals surface area contributed by atoms with E-state index in [0.717, 1.165) is 36.3 Å². The normalized spacial score (nSPS) is 17.6. The molecular formula is C19H20N4O. The molecule has 0 fully saturated rings. The molecule has 0 aliphatic carbocycles. The number of benzene rings is 2. The lowest BCUT2D eigenvalue weighted by Gasteiger charge is -2.23. The molecule has 2 aromatic carbocycles. The van der Waals surface area contributed by atoms with Gasteiger partial charge in [-0.3, -0.25) is 4.79 Å². The van der Waals surface area contributed by atoms with Crippen molar-refractivity contribution in [2.45, 2.75) is 31.7 Å². The van der Waals surface area contributed by atoms with Gasteiger partial charge in [-0.2, -0.15) is 0 Å². The number of fused-ring (bicyclic) bond motifs is 2. The molecule has 1 atom stereocenters. The Morgan fingerprint density at radius 1 is 1.12 bits per heavy atom. The molecule has 5 heteroatoms. The summed E-state index contributed by atoms with van der Waals surface area (Å²) in [7, 11) is 0. The van der Waals surface area contributed by atoms with Gasteiger partial charge in [0.15, 0.2) is 0 Å². The smallest absolute Gasteiger partial charge is 0.250 e. The predicted octanol–water partition coefficient (Wildman–Crippen LogP) is 3.54. The lowest BCUT2D eigenvalue weighted by molar-refractivity contribution is 0.100. The minimum Gasteiger partial charge on any atom is -0.375 e. The number of carbonyl (C=O) groups is 1. The first kappa shape index (κ1) is 14.8. The zero-order valence-corrected chi connectivity index (χ0v) is 13.4. The number of para-hydroxylation sites is 2. The van der Waals surface area contributed by atoms with Gasteiger partial charge in [-0.1, -0.05) is 30.7 Å². The van der Waals surface area contributed by atoms with Gasteiger partial charge in [0.2, 0.25) is 0 Å². The number of imidazole rings is 1. The van der Waals surface area contributed by atoms with Crippen LogP contribution in [0.3, 0.4) is 0 Å². The maximum atomic E-state index is 11.6. The molecule has 1 amide bonds. The third-order valence-corrected chi connectivity index (χ3v) is 4.66. The lowest BCUT2D eigenvalue weighted by Crippen LogP contribution is -2.16. The average molecular weight is 320 g/mol. The summed E-state index contributed by atoms with van der Waals surface area (Å²) in [5, 5.41) is 3.62. The van der Waals surface area contributed by atoms with Crippen molar-refractivity contribution < 1.29 is 4.79 Å². The largest absolute Gasteiger partial charge is 0.375 e. The third kappa shape index (κ3) is 2.62. The van der Waals surface area contributed by atoms with Gasteiger partial charge in [0.1, 0.15) is 11.3 Å². The highest BCUT2D eigenvalue weighted by molar-refractivity contribution is 6.04. The topological polar surface area (TPSA) is 83.8 Å². The molecule has 1 aromatic heterocycles. The molecule has 1 unspecified atom stereocenters. The van der Waals surface area contributed by atoms with Crippen LogP contribution in [-0.2, 0) is 6.42 Å². The molecule has 0 bridgehead atoms. The van der Waals surface area contributed by atoms with Crippen LogP contribution in [0.5, 0.6) is 0 Å². The van der Waals surface area contributed by atoms with E-state index in [2.05, 4.69) is 33.5 Å². The zero-order valence-electron chi connectivity index (χ0n) is 13.4. The number of nitrogens with one attached hydrogen (secondary N) is 2. The maximum Gasteiger partial charge on any atom is 0.250 e. The van der Waals surface area contributed by atoms with Crippen LogP contribution >= 0.6 is 0 Å². The van der Waals surface area contributed by atoms with Gasteiger partial charge in [-0.25, -0.2) is 4.98 Å². The average Bonchev–Trinajstić information content (AvgIpc) is 2.99. The fraction of sp³-hybridized carbons (Fsp3) is 0.263. The molecule has 122 valence electrons. The Morgan fingerprint density at radius 3 is 2.88 bits per heavy atom. The van der Waals surface area contributed by atoms with Crippen molar-refractivity contribution in [3.63, 3.8) is 0 Å². The first-order chi connectivity index (χ1) is 11.7. The van der Waals surface area contributed by atoms with Gasteiger partial charge in [0.25, 0.3) is 5.91 Å². The van der Waals surface area contributed by atoms with Crippen LogP contribution in [0.1, 0.15) is 47.1 Å². The van der Waals surface area contributed by atoms with E-state index in [4.69, 9.17) is 5.73 Å². The molecule has 0 saturated carbocycles. The molecule has 24 heavy (non-hydrogen) atoms. The second-order valence-corrected chi connectivity index (χ2v) is 6.29. The third-order valence-electron chi connectivity index (χ3n) is 4.66. The monoisotopic (exact) mass is 320 g/mol. The number of nitrogens with zero attached hydrogens (tertiary/aromatic N) is 1. The van der Waals surface area contributed by atoms with Gasteiger partial charge in [-0.05, 0) is 43.0 Å².